The smallest absolute Gasteiger partial charge is 0.283 e. The fraction of sp³-hybridized carbons (Fsp3) is 0.250. The van der Waals surface area contributed by atoms with E-state index >= 15 is 0 Å². The van der Waals surface area contributed by atoms with Crippen LogP contribution in [-0.4, -0.2) is 4.92 Å². The Bertz CT molecular complexity index is 641. The lowest BCUT2D eigenvalue weighted by molar-refractivity contribution is -0.385. The summed E-state index contributed by atoms with van der Waals surface area (Å²) in [6.07, 6.45) is 0. The lowest BCUT2D eigenvalue weighted by atomic mass is 10.1. The number of benzene rings is 2. The van der Waals surface area contributed by atoms with Crippen LogP contribution in [-0.2, 0) is 6.54 Å². The average molecular weight is 349 g/mol. The van der Waals surface area contributed by atoms with Crippen molar-refractivity contribution in [1.82, 2.24) is 5.32 Å². The fourth-order valence-electron chi connectivity index (χ4n) is 2.05. The molecule has 0 aromatic heterocycles. The number of halogens is 1. The summed E-state index contributed by atoms with van der Waals surface area (Å²) in [6.45, 7) is 4.73. The molecular formula is C16H17BrN2O2. The Morgan fingerprint density at radius 1 is 1.24 bits per heavy atom. The van der Waals surface area contributed by atoms with Gasteiger partial charge in [-0.1, -0.05) is 35.9 Å². The summed E-state index contributed by atoms with van der Waals surface area (Å²) in [4.78, 5) is 10.5. The van der Waals surface area contributed by atoms with Crippen LogP contribution in [0.15, 0.2) is 46.9 Å². The van der Waals surface area contributed by atoms with Gasteiger partial charge in [0, 0.05) is 18.7 Å². The Balaban J connectivity index is 2.04. The van der Waals surface area contributed by atoms with Gasteiger partial charge in [-0.2, -0.15) is 0 Å². The topological polar surface area (TPSA) is 55.2 Å². The van der Waals surface area contributed by atoms with Crippen molar-refractivity contribution >= 4 is 21.6 Å². The van der Waals surface area contributed by atoms with E-state index in [1.807, 2.05) is 6.07 Å². The van der Waals surface area contributed by atoms with Gasteiger partial charge >= 0.3 is 0 Å². The predicted octanol–water partition coefficient (Wildman–Crippen LogP) is 4.52. The standard InChI is InChI=1S/C16H17BrN2O2/c1-11-3-6-14(7-4-11)12(2)18-10-13-5-8-15(17)16(9-13)19(20)21/h3-9,12,18H,10H2,1-2H3/t12-/m1/s1. The van der Waals surface area contributed by atoms with E-state index in [4.69, 9.17) is 0 Å². The molecule has 0 aliphatic heterocycles. The first kappa shape index (κ1) is 15.7. The Labute approximate surface area is 132 Å². The number of nitro groups is 1. The number of nitrogens with zero attached hydrogens (tertiary/aromatic N) is 1. The first-order chi connectivity index (χ1) is 9.97. The van der Waals surface area contributed by atoms with E-state index in [2.05, 4.69) is 59.4 Å². The zero-order chi connectivity index (χ0) is 15.4. The maximum absolute atomic E-state index is 10.9. The molecule has 0 unspecified atom stereocenters. The van der Waals surface area contributed by atoms with Gasteiger partial charge in [-0.15, -0.1) is 0 Å². The molecule has 0 radical (unpaired) electrons. The highest BCUT2D eigenvalue weighted by molar-refractivity contribution is 9.10. The summed E-state index contributed by atoms with van der Waals surface area (Å²) in [5, 5.41) is 14.3. The maximum Gasteiger partial charge on any atom is 0.283 e. The molecule has 0 heterocycles. The highest BCUT2D eigenvalue weighted by Gasteiger charge is 2.12. The molecule has 0 bridgehead atoms. The summed E-state index contributed by atoms with van der Waals surface area (Å²) in [5.74, 6) is 0. The van der Waals surface area contributed by atoms with Crippen LogP contribution in [0.3, 0.4) is 0 Å². The summed E-state index contributed by atoms with van der Waals surface area (Å²) < 4.78 is 0.503. The molecule has 1 atom stereocenters. The number of aryl methyl sites for hydroxylation is 1. The van der Waals surface area contributed by atoms with Crippen molar-refractivity contribution in [3.63, 3.8) is 0 Å². The van der Waals surface area contributed by atoms with Crippen molar-refractivity contribution in [2.45, 2.75) is 26.4 Å². The van der Waals surface area contributed by atoms with Crippen molar-refractivity contribution < 1.29 is 4.92 Å². The number of nitrogens with one attached hydrogen (secondary N) is 1. The molecule has 2 rings (SSSR count). The molecular weight excluding hydrogens is 332 g/mol. The minimum Gasteiger partial charge on any atom is -0.306 e. The largest absolute Gasteiger partial charge is 0.306 e. The van der Waals surface area contributed by atoms with Crippen molar-refractivity contribution in [3.05, 3.63) is 73.7 Å². The molecule has 2 aromatic rings. The van der Waals surface area contributed by atoms with Crippen molar-refractivity contribution in [2.24, 2.45) is 0 Å². The molecule has 1 N–H and O–H groups in total. The third-order valence-electron chi connectivity index (χ3n) is 3.40. The molecule has 0 fully saturated rings. The summed E-state index contributed by atoms with van der Waals surface area (Å²) in [6, 6.07) is 13.7. The first-order valence-corrected chi connectivity index (χ1v) is 7.49. The van der Waals surface area contributed by atoms with E-state index in [0.717, 1.165) is 5.56 Å². The van der Waals surface area contributed by atoms with Gasteiger partial charge in [-0.05, 0) is 47.0 Å². The lowest BCUT2D eigenvalue weighted by Crippen LogP contribution is -2.18. The van der Waals surface area contributed by atoms with Gasteiger partial charge in [0.15, 0.2) is 0 Å². The average Bonchev–Trinajstić information content (AvgIpc) is 2.46. The van der Waals surface area contributed by atoms with Crippen LogP contribution in [0.1, 0.15) is 29.7 Å². The van der Waals surface area contributed by atoms with Gasteiger partial charge < -0.3 is 5.32 Å². The second kappa shape index (κ2) is 6.83. The zero-order valence-corrected chi connectivity index (χ0v) is 13.6. The third kappa shape index (κ3) is 4.12. The van der Waals surface area contributed by atoms with E-state index in [-0.39, 0.29) is 16.7 Å². The van der Waals surface area contributed by atoms with Gasteiger partial charge in [-0.3, -0.25) is 10.1 Å². The van der Waals surface area contributed by atoms with Crippen LogP contribution in [0.2, 0.25) is 0 Å². The van der Waals surface area contributed by atoms with E-state index in [0.29, 0.717) is 11.0 Å². The quantitative estimate of drug-likeness (QED) is 0.638. The summed E-state index contributed by atoms with van der Waals surface area (Å²) in [7, 11) is 0. The highest BCUT2D eigenvalue weighted by atomic mass is 79.9. The van der Waals surface area contributed by atoms with Crippen LogP contribution in [0, 0.1) is 17.0 Å². The van der Waals surface area contributed by atoms with Gasteiger partial charge in [0.25, 0.3) is 5.69 Å². The van der Waals surface area contributed by atoms with E-state index in [1.54, 1.807) is 12.1 Å². The predicted molar refractivity (Wildman–Crippen MR) is 87.2 cm³/mol. The van der Waals surface area contributed by atoms with Crippen LogP contribution < -0.4 is 5.32 Å². The summed E-state index contributed by atoms with van der Waals surface area (Å²) in [5.41, 5.74) is 3.42. The van der Waals surface area contributed by atoms with Gasteiger partial charge in [-0.25, -0.2) is 0 Å². The Hall–Kier alpha value is -1.72. The minimum absolute atomic E-state index is 0.0947. The molecule has 0 aliphatic carbocycles. The molecule has 110 valence electrons. The lowest BCUT2D eigenvalue weighted by Gasteiger charge is -2.14. The minimum atomic E-state index is -0.378. The Morgan fingerprint density at radius 2 is 1.90 bits per heavy atom. The molecule has 4 nitrogen and oxygen atoms in total. The maximum atomic E-state index is 10.9. The highest BCUT2D eigenvalue weighted by Crippen LogP contribution is 2.25. The molecule has 0 saturated carbocycles. The molecule has 2 aromatic carbocycles. The molecule has 21 heavy (non-hydrogen) atoms. The summed E-state index contributed by atoms with van der Waals surface area (Å²) >= 11 is 3.19. The molecule has 5 heteroatoms. The van der Waals surface area contributed by atoms with Crippen LogP contribution in [0.25, 0.3) is 0 Å². The second-order valence-corrected chi connectivity index (χ2v) is 5.91. The first-order valence-electron chi connectivity index (χ1n) is 6.70. The van der Waals surface area contributed by atoms with Gasteiger partial charge in [0.1, 0.15) is 0 Å². The van der Waals surface area contributed by atoms with E-state index in [1.165, 1.54) is 11.1 Å². The molecule has 0 aliphatic rings. The van der Waals surface area contributed by atoms with Crippen molar-refractivity contribution in [1.29, 1.82) is 0 Å². The number of rotatable bonds is 5. The van der Waals surface area contributed by atoms with Gasteiger partial charge in [0.05, 0.1) is 9.40 Å². The van der Waals surface area contributed by atoms with Gasteiger partial charge in [0.2, 0.25) is 0 Å². The molecule has 0 spiro atoms. The van der Waals surface area contributed by atoms with Crippen molar-refractivity contribution in [2.75, 3.05) is 0 Å². The Morgan fingerprint density at radius 3 is 2.52 bits per heavy atom. The number of hydrogen-bond donors (Lipinski definition) is 1. The normalized spacial score (nSPS) is 12.1. The Kier molecular flexibility index (Phi) is 5.09. The second-order valence-electron chi connectivity index (χ2n) is 5.06. The molecule has 0 saturated heterocycles. The molecule has 0 amide bonds. The van der Waals surface area contributed by atoms with E-state index in [9.17, 15) is 10.1 Å². The fourth-order valence-corrected chi connectivity index (χ4v) is 2.44. The third-order valence-corrected chi connectivity index (χ3v) is 4.07. The zero-order valence-electron chi connectivity index (χ0n) is 12.0. The SMILES string of the molecule is Cc1ccc([C@@H](C)NCc2ccc(Br)c([N+](=O)[O-])c2)cc1. The number of nitro benzene ring substituents is 1. The van der Waals surface area contributed by atoms with Crippen molar-refractivity contribution in [3.8, 4) is 0 Å². The van der Waals surface area contributed by atoms with E-state index < -0.39 is 0 Å². The van der Waals surface area contributed by atoms with Crippen LogP contribution in [0.5, 0.6) is 0 Å². The van der Waals surface area contributed by atoms with Crippen LogP contribution >= 0.6 is 15.9 Å². The number of hydrogen-bond acceptors (Lipinski definition) is 3. The monoisotopic (exact) mass is 348 g/mol. The van der Waals surface area contributed by atoms with Crippen LogP contribution in [0.4, 0.5) is 5.69 Å².